The van der Waals surface area contributed by atoms with Crippen molar-refractivity contribution < 1.29 is 9.59 Å². The minimum atomic E-state index is -0.133. The van der Waals surface area contributed by atoms with Crippen LogP contribution in [0.4, 0.5) is 11.4 Å². The second-order valence-electron chi connectivity index (χ2n) is 9.34. The molecule has 4 nitrogen and oxygen atoms in total. The Morgan fingerprint density at radius 2 is 1.19 bits per heavy atom. The average molecular weight is 352 g/mol. The maximum absolute atomic E-state index is 12.8. The quantitative estimate of drug-likeness (QED) is 0.823. The molecule has 5 rings (SSSR count). The fourth-order valence-electron chi connectivity index (χ4n) is 6.22. The molecule has 2 amide bonds. The molecule has 4 fully saturated rings. The van der Waals surface area contributed by atoms with E-state index in [4.69, 9.17) is 0 Å². The smallest absolute Gasteiger partial charge is 0.230 e. The molecule has 1 aromatic rings. The lowest BCUT2D eigenvalue weighted by atomic mass is 9.83. The van der Waals surface area contributed by atoms with E-state index in [0.717, 1.165) is 61.7 Å². The van der Waals surface area contributed by atoms with Crippen molar-refractivity contribution in [3.63, 3.8) is 0 Å². The van der Waals surface area contributed by atoms with Gasteiger partial charge in [-0.25, -0.2) is 0 Å². The van der Waals surface area contributed by atoms with E-state index in [9.17, 15) is 9.59 Å². The van der Waals surface area contributed by atoms with Gasteiger partial charge in [0.1, 0.15) is 0 Å². The molecular weight excluding hydrogens is 324 g/mol. The summed E-state index contributed by atoms with van der Waals surface area (Å²) in [6.07, 6.45) is 11.0. The number of rotatable bonds is 4. The molecule has 4 bridgehead atoms. The van der Waals surface area contributed by atoms with Crippen LogP contribution in [0.15, 0.2) is 24.3 Å². The van der Waals surface area contributed by atoms with Crippen LogP contribution < -0.4 is 10.6 Å². The Kier molecular flexibility index (Phi) is 3.67. The van der Waals surface area contributed by atoms with Gasteiger partial charge in [0.2, 0.25) is 11.8 Å². The summed E-state index contributed by atoms with van der Waals surface area (Å²) in [5, 5.41) is 6.25. The molecule has 0 saturated heterocycles. The maximum Gasteiger partial charge on any atom is 0.230 e. The Labute approximate surface area is 155 Å². The third kappa shape index (κ3) is 2.57. The summed E-state index contributed by atoms with van der Waals surface area (Å²) in [5.74, 6) is 1.86. The molecular formula is C22H28N2O2. The standard InChI is InChI=1S/C22H28N2O2/c25-19(21-8-4-15(13-21)5-9-21)23-17-2-1-3-18(12-17)24-20(26)22-10-6-16(14-22)7-11-22/h1-3,12,15-16H,4-11,13-14H2,(H,23,25)(H,24,26). The van der Waals surface area contributed by atoms with Crippen molar-refractivity contribution >= 4 is 23.2 Å². The van der Waals surface area contributed by atoms with Crippen molar-refractivity contribution in [1.29, 1.82) is 0 Å². The summed E-state index contributed by atoms with van der Waals surface area (Å²) in [4.78, 5) is 25.7. The molecule has 26 heavy (non-hydrogen) atoms. The van der Waals surface area contributed by atoms with E-state index in [1.54, 1.807) is 0 Å². The van der Waals surface area contributed by atoms with Gasteiger partial charge in [0.05, 0.1) is 0 Å². The second kappa shape index (κ2) is 5.83. The first kappa shape index (κ1) is 16.3. The van der Waals surface area contributed by atoms with Crippen LogP contribution in [-0.4, -0.2) is 11.8 Å². The van der Waals surface area contributed by atoms with Gasteiger partial charge in [-0.1, -0.05) is 6.07 Å². The molecule has 0 spiro atoms. The van der Waals surface area contributed by atoms with Gasteiger partial charge in [-0.2, -0.15) is 0 Å². The SMILES string of the molecule is O=C(Nc1cccc(NC(=O)C23CCC(CC2)C3)c1)C12CCC(CC1)C2. The summed E-state index contributed by atoms with van der Waals surface area (Å²) in [6, 6.07) is 7.67. The van der Waals surface area contributed by atoms with Gasteiger partial charge in [-0.3, -0.25) is 9.59 Å². The van der Waals surface area contributed by atoms with Gasteiger partial charge in [-0.05, 0) is 94.2 Å². The Bertz CT molecular complexity index is 681. The molecule has 0 unspecified atom stereocenters. The normalized spacial score (nSPS) is 37.1. The van der Waals surface area contributed by atoms with Crippen LogP contribution in [0.2, 0.25) is 0 Å². The molecule has 4 aliphatic carbocycles. The van der Waals surface area contributed by atoms with E-state index in [0.29, 0.717) is 0 Å². The van der Waals surface area contributed by atoms with Crippen LogP contribution in [0.1, 0.15) is 64.2 Å². The zero-order valence-corrected chi connectivity index (χ0v) is 15.4. The van der Waals surface area contributed by atoms with Crippen LogP contribution in [-0.2, 0) is 9.59 Å². The third-order valence-electron chi connectivity index (χ3n) is 7.83. The first-order valence-corrected chi connectivity index (χ1v) is 10.3. The van der Waals surface area contributed by atoms with Gasteiger partial charge in [0, 0.05) is 22.2 Å². The molecule has 0 heterocycles. The van der Waals surface area contributed by atoms with E-state index in [-0.39, 0.29) is 22.6 Å². The predicted octanol–water partition coefficient (Wildman–Crippen LogP) is 4.72. The molecule has 4 saturated carbocycles. The van der Waals surface area contributed by atoms with Crippen molar-refractivity contribution in [1.82, 2.24) is 0 Å². The number of hydrogen-bond acceptors (Lipinski definition) is 2. The molecule has 0 aliphatic heterocycles. The number of benzene rings is 1. The van der Waals surface area contributed by atoms with Crippen LogP contribution in [0.3, 0.4) is 0 Å². The number of carbonyl (C=O) groups excluding carboxylic acids is 2. The number of anilines is 2. The van der Waals surface area contributed by atoms with Gasteiger partial charge in [-0.15, -0.1) is 0 Å². The lowest BCUT2D eigenvalue weighted by Gasteiger charge is -2.26. The van der Waals surface area contributed by atoms with Crippen LogP contribution in [0, 0.1) is 22.7 Å². The van der Waals surface area contributed by atoms with E-state index in [1.807, 2.05) is 24.3 Å². The highest BCUT2D eigenvalue weighted by atomic mass is 16.2. The first-order chi connectivity index (χ1) is 12.6. The minimum absolute atomic E-state index is 0.133. The Balaban J connectivity index is 1.27. The lowest BCUT2D eigenvalue weighted by Crippen LogP contribution is -2.33. The van der Waals surface area contributed by atoms with Gasteiger partial charge >= 0.3 is 0 Å². The van der Waals surface area contributed by atoms with Crippen molar-refractivity contribution in [3.05, 3.63) is 24.3 Å². The number of nitrogens with one attached hydrogen (secondary N) is 2. The average Bonchev–Trinajstić information content (AvgIpc) is 3.43. The number of amides is 2. The zero-order chi connectivity index (χ0) is 17.8. The van der Waals surface area contributed by atoms with E-state index in [1.165, 1.54) is 25.7 Å². The largest absolute Gasteiger partial charge is 0.326 e. The van der Waals surface area contributed by atoms with Crippen LogP contribution >= 0.6 is 0 Å². The summed E-state index contributed by atoms with van der Waals surface area (Å²) >= 11 is 0. The van der Waals surface area contributed by atoms with E-state index >= 15 is 0 Å². The predicted molar refractivity (Wildman–Crippen MR) is 102 cm³/mol. The molecule has 2 N–H and O–H groups in total. The monoisotopic (exact) mass is 352 g/mol. The van der Waals surface area contributed by atoms with Crippen molar-refractivity contribution in [2.24, 2.45) is 22.7 Å². The minimum Gasteiger partial charge on any atom is -0.326 e. The number of hydrogen-bond donors (Lipinski definition) is 2. The third-order valence-corrected chi connectivity index (χ3v) is 7.83. The number of carbonyl (C=O) groups is 2. The van der Waals surface area contributed by atoms with Gasteiger partial charge < -0.3 is 10.6 Å². The molecule has 1 aromatic carbocycles. The van der Waals surface area contributed by atoms with Crippen molar-refractivity contribution in [3.8, 4) is 0 Å². The van der Waals surface area contributed by atoms with Crippen LogP contribution in [0.25, 0.3) is 0 Å². The molecule has 0 atom stereocenters. The van der Waals surface area contributed by atoms with Gasteiger partial charge in [0.25, 0.3) is 0 Å². The van der Waals surface area contributed by atoms with Crippen LogP contribution in [0.5, 0.6) is 0 Å². The fourth-order valence-corrected chi connectivity index (χ4v) is 6.22. The molecule has 4 aliphatic rings. The maximum atomic E-state index is 12.8. The number of fused-ring (bicyclic) bond motifs is 4. The summed E-state index contributed by atoms with van der Waals surface area (Å²) < 4.78 is 0. The fraction of sp³-hybridized carbons (Fsp3) is 0.636. The summed E-state index contributed by atoms with van der Waals surface area (Å²) in [6.45, 7) is 0. The topological polar surface area (TPSA) is 58.2 Å². The highest BCUT2D eigenvalue weighted by molar-refractivity contribution is 5.98. The Morgan fingerprint density at radius 1 is 0.769 bits per heavy atom. The second-order valence-corrected chi connectivity index (χ2v) is 9.34. The molecule has 138 valence electrons. The van der Waals surface area contributed by atoms with E-state index in [2.05, 4.69) is 10.6 Å². The Hall–Kier alpha value is -1.84. The zero-order valence-electron chi connectivity index (χ0n) is 15.4. The summed E-state index contributed by atoms with van der Waals surface area (Å²) in [7, 11) is 0. The molecule has 0 radical (unpaired) electrons. The van der Waals surface area contributed by atoms with Gasteiger partial charge in [0.15, 0.2) is 0 Å². The highest BCUT2D eigenvalue weighted by Crippen LogP contribution is 2.55. The van der Waals surface area contributed by atoms with E-state index < -0.39 is 0 Å². The summed E-state index contributed by atoms with van der Waals surface area (Å²) in [5.41, 5.74) is 1.33. The lowest BCUT2D eigenvalue weighted by molar-refractivity contribution is -0.125. The first-order valence-electron chi connectivity index (χ1n) is 10.3. The van der Waals surface area contributed by atoms with Crippen molar-refractivity contribution in [2.75, 3.05) is 10.6 Å². The Morgan fingerprint density at radius 3 is 1.54 bits per heavy atom. The molecule has 0 aromatic heterocycles. The van der Waals surface area contributed by atoms with Crippen molar-refractivity contribution in [2.45, 2.75) is 64.2 Å². The molecule has 4 heteroatoms. The highest BCUT2D eigenvalue weighted by Gasteiger charge is 2.50.